The number of hydrogen-bond donors (Lipinski definition) is 2. The van der Waals surface area contributed by atoms with Gasteiger partial charge in [0.15, 0.2) is 11.0 Å². The number of esters is 2. The van der Waals surface area contributed by atoms with Crippen LogP contribution in [0.1, 0.15) is 62.5 Å². The molecule has 0 radical (unpaired) electrons. The van der Waals surface area contributed by atoms with E-state index in [9.17, 15) is 19.2 Å². The van der Waals surface area contributed by atoms with Crippen LogP contribution in [0.5, 0.6) is 5.75 Å². The fourth-order valence-corrected chi connectivity index (χ4v) is 5.42. The lowest BCUT2D eigenvalue weighted by atomic mass is 10.1. The maximum Gasteiger partial charge on any atom is 0.348 e. The standard InChI is InChI=1S/C26H31N5O7S2/c1-7-37-24(34)19-14(3)20(25(35)38-8-2)40-23(19)28-21(32)15(4)39-26-30-29-18(31(26)5)13-27-22(33)16-10-9-11-17(12-16)36-6/h9-12,15H,7-8,13H2,1-6H3,(H,27,33)(H,28,32). The Labute approximate surface area is 239 Å². The topological polar surface area (TPSA) is 151 Å². The van der Waals surface area contributed by atoms with Gasteiger partial charge in [0.25, 0.3) is 5.91 Å². The molecular weight excluding hydrogens is 558 g/mol. The molecule has 0 bridgehead atoms. The number of anilines is 1. The highest BCUT2D eigenvalue weighted by atomic mass is 32.2. The van der Waals surface area contributed by atoms with Crippen molar-refractivity contribution in [2.24, 2.45) is 7.05 Å². The number of ether oxygens (including phenoxy) is 3. The molecule has 0 saturated heterocycles. The summed E-state index contributed by atoms with van der Waals surface area (Å²) >= 11 is 2.11. The van der Waals surface area contributed by atoms with Crippen molar-refractivity contribution in [3.05, 3.63) is 51.7 Å². The van der Waals surface area contributed by atoms with Gasteiger partial charge in [0.05, 0.1) is 37.7 Å². The van der Waals surface area contributed by atoms with Crippen molar-refractivity contribution in [3.63, 3.8) is 0 Å². The minimum absolute atomic E-state index is 0.119. The smallest absolute Gasteiger partial charge is 0.348 e. The molecule has 14 heteroatoms. The number of carbonyl (C=O) groups excluding carboxylic acids is 4. The third kappa shape index (κ3) is 7.18. The summed E-state index contributed by atoms with van der Waals surface area (Å²) in [4.78, 5) is 50.8. The lowest BCUT2D eigenvalue weighted by Gasteiger charge is -2.12. The van der Waals surface area contributed by atoms with E-state index in [2.05, 4.69) is 20.8 Å². The zero-order valence-corrected chi connectivity index (χ0v) is 24.7. The molecule has 2 heterocycles. The molecule has 2 N–H and O–H groups in total. The van der Waals surface area contributed by atoms with Crippen LogP contribution in [-0.4, -0.2) is 64.1 Å². The quantitative estimate of drug-likeness (QED) is 0.237. The lowest BCUT2D eigenvalue weighted by molar-refractivity contribution is -0.115. The molecule has 2 amide bonds. The van der Waals surface area contributed by atoms with E-state index in [0.717, 1.165) is 23.1 Å². The minimum Gasteiger partial charge on any atom is -0.497 e. The third-order valence-corrected chi connectivity index (χ3v) is 7.96. The van der Waals surface area contributed by atoms with E-state index < -0.39 is 23.1 Å². The molecule has 2 aromatic heterocycles. The van der Waals surface area contributed by atoms with Gasteiger partial charge >= 0.3 is 11.9 Å². The Bertz CT molecular complexity index is 1400. The molecular formula is C26H31N5O7S2. The number of thioether (sulfide) groups is 1. The highest BCUT2D eigenvalue weighted by molar-refractivity contribution is 8.00. The summed E-state index contributed by atoms with van der Waals surface area (Å²) in [5.41, 5.74) is 0.943. The molecule has 0 aliphatic carbocycles. The number of amides is 2. The summed E-state index contributed by atoms with van der Waals surface area (Å²) in [6.45, 7) is 7.06. The van der Waals surface area contributed by atoms with Gasteiger partial charge in [-0.1, -0.05) is 17.8 Å². The van der Waals surface area contributed by atoms with Crippen molar-refractivity contribution in [2.45, 2.75) is 44.6 Å². The first-order chi connectivity index (χ1) is 19.1. The zero-order chi connectivity index (χ0) is 29.4. The second-order valence-corrected chi connectivity index (χ2v) is 10.7. The monoisotopic (exact) mass is 589 g/mol. The van der Waals surface area contributed by atoms with Crippen LogP contribution < -0.4 is 15.4 Å². The first-order valence-electron chi connectivity index (χ1n) is 12.4. The summed E-state index contributed by atoms with van der Waals surface area (Å²) < 4.78 is 17.1. The lowest BCUT2D eigenvalue weighted by Crippen LogP contribution is -2.25. The molecule has 0 saturated carbocycles. The van der Waals surface area contributed by atoms with Gasteiger partial charge in [0.2, 0.25) is 5.91 Å². The SMILES string of the molecule is CCOC(=O)c1sc(NC(=O)C(C)Sc2nnc(CNC(=O)c3cccc(OC)c3)n2C)c(C(=O)OCC)c1C. The molecule has 214 valence electrons. The van der Waals surface area contributed by atoms with Crippen molar-refractivity contribution in [1.29, 1.82) is 0 Å². The van der Waals surface area contributed by atoms with E-state index in [0.29, 0.717) is 27.9 Å². The first kappa shape index (κ1) is 30.6. The van der Waals surface area contributed by atoms with Crippen LogP contribution in [0.3, 0.4) is 0 Å². The maximum absolute atomic E-state index is 13.1. The summed E-state index contributed by atoms with van der Waals surface area (Å²) in [7, 11) is 3.26. The Morgan fingerprint density at radius 3 is 2.48 bits per heavy atom. The van der Waals surface area contributed by atoms with Crippen LogP contribution in [-0.2, 0) is 27.9 Å². The third-order valence-electron chi connectivity index (χ3n) is 5.64. The molecule has 3 rings (SSSR count). The molecule has 0 aliphatic heterocycles. The van der Waals surface area contributed by atoms with Crippen LogP contribution in [0.2, 0.25) is 0 Å². The Morgan fingerprint density at radius 1 is 1.10 bits per heavy atom. The molecule has 1 aromatic carbocycles. The van der Waals surface area contributed by atoms with E-state index in [1.165, 1.54) is 7.11 Å². The highest BCUT2D eigenvalue weighted by Gasteiger charge is 2.29. The van der Waals surface area contributed by atoms with Crippen LogP contribution in [0.25, 0.3) is 0 Å². The highest BCUT2D eigenvalue weighted by Crippen LogP contribution is 2.35. The minimum atomic E-state index is -0.648. The number of carbonyl (C=O) groups is 4. The van der Waals surface area contributed by atoms with Gasteiger partial charge < -0.3 is 29.4 Å². The number of methoxy groups -OCH3 is 1. The van der Waals surface area contributed by atoms with Gasteiger partial charge in [-0.15, -0.1) is 21.5 Å². The number of hydrogen-bond acceptors (Lipinski definition) is 11. The van der Waals surface area contributed by atoms with E-state index in [1.807, 2.05) is 0 Å². The van der Waals surface area contributed by atoms with Crippen LogP contribution in [0.4, 0.5) is 5.00 Å². The average molecular weight is 590 g/mol. The van der Waals surface area contributed by atoms with Gasteiger partial charge in [0.1, 0.15) is 15.6 Å². The Balaban J connectivity index is 1.69. The predicted molar refractivity (Wildman–Crippen MR) is 150 cm³/mol. The number of nitrogens with one attached hydrogen (secondary N) is 2. The van der Waals surface area contributed by atoms with E-state index >= 15 is 0 Å². The molecule has 0 aliphatic rings. The number of benzene rings is 1. The van der Waals surface area contributed by atoms with Crippen LogP contribution in [0, 0.1) is 6.92 Å². The number of thiophene rings is 1. The van der Waals surface area contributed by atoms with Crippen molar-refractivity contribution >= 4 is 51.9 Å². The first-order valence-corrected chi connectivity index (χ1v) is 14.1. The zero-order valence-electron chi connectivity index (χ0n) is 23.0. The number of nitrogens with zero attached hydrogens (tertiary/aromatic N) is 3. The second kappa shape index (κ2) is 13.9. The molecule has 0 spiro atoms. The Hall–Kier alpha value is -3.91. The predicted octanol–water partition coefficient (Wildman–Crippen LogP) is 3.60. The summed E-state index contributed by atoms with van der Waals surface area (Å²) in [5, 5.41) is 13.8. The van der Waals surface area contributed by atoms with Gasteiger partial charge in [-0.25, -0.2) is 9.59 Å². The Morgan fingerprint density at radius 2 is 1.80 bits per heavy atom. The van der Waals surface area contributed by atoms with E-state index in [-0.39, 0.29) is 41.1 Å². The Kier molecular flexibility index (Phi) is 10.7. The number of aromatic nitrogens is 3. The fraction of sp³-hybridized carbons (Fsp3) is 0.385. The molecule has 1 atom stereocenters. The van der Waals surface area contributed by atoms with Crippen molar-refractivity contribution in [1.82, 2.24) is 20.1 Å². The van der Waals surface area contributed by atoms with Gasteiger partial charge in [-0.2, -0.15) is 0 Å². The molecule has 3 aromatic rings. The average Bonchev–Trinajstić information content (AvgIpc) is 3.45. The fourth-order valence-electron chi connectivity index (χ4n) is 3.49. The van der Waals surface area contributed by atoms with Crippen LogP contribution in [0.15, 0.2) is 29.4 Å². The van der Waals surface area contributed by atoms with Gasteiger partial charge in [-0.3, -0.25) is 9.59 Å². The molecule has 0 fully saturated rings. The second-order valence-electron chi connectivity index (χ2n) is 8.32. The van der Waals surface area contributed by atoms with E-state index in [1.54, 1.807) is 63.6 Å². The summed E-state index contributed by atoms with van der Waals surface area (Å²) in [6.07, 6.45) is 0. The molecule has 1 unspecified atom stereocenters. The van der Waals surface area contributed by atoms with Crippen molar-refractivity contribution in [3.8, 4) is 5.75 Å². The van der Waals surface area contributed by atoms with Gasteiger partial charge in [-0.05, 0) is 51.5 Å². The maximum atomic E-state index is 13.1. The van der Waals surface area contributed by atoms with Crippen LogP contribution >= 0.6 is 23.1 Å². The summed E-state index contributed by atoms with van der Waals surface area (Å²) in [6, 6.07) is 6.78. The summed E-state index contributed by atoms with van der Waals surface area (Å²) in [5.74, 6) is -0.872. The molecule has 12 nitrogen and oxygen atoms in total. The normalized spacial score (nSPS) is 11.4. The van der Waals surface area contributed by atoms with Gasteiger partial charge in [0, 0.05) is 12.6 Å². The largest absolute Gasteiger partial charge is 0.497 e. The van der Waals surface area contributed by atoms with Crippen molar-refractivity contribution in [2.75, 3.05) is 25.6 Å². The van der Waals surface area contributed by atoms with E-state index in [4.69, 9.17) is 14.2 Å². The van der Waals surface area contributed by atoms with Crippen molar-refractivity contribution < 1.29 is 33.4 Å². The molecule has 40 heavy (non-hydrogen) atoms. The number of rotatable bonds is 12.